The predicted molar refractivity (Wildman–Crippen MR) is 47.1 cm³/mol. The van der Waals surface area contributed by atoms with Crippen molar-refractivity contribution >= 4 is 5.97 Å². The summed E-state index contributed by atoms with van der Waals surface area (Å²) in [6, 6.07) is -0.762. The summed E-state index contributed by atoms with van der Waals surface area (Å²) in [6.07, 6.45) is -2.18. The van der Waals surface area contributed by atoms with Crippen molar-refractivity contribution in [1.29, 1.82) is 0 Å². The number of halogens is 2. The van der Waals surface area contributed by atoms with Gasteiger partial charge in [-0.2, -0.15) is 0 Å². The minimum absolute atomic E-state index is 0.144. The minimum Gasteiger partial charge on any atom is -0.468 e. The number of esters is 1. The van der Waals surface area contributed by atoms with Gasteiger partial charge >= 0.3 is 5.97 Å². The largest absolute Gasteiger partial charge is 0.468 e. The Kier molecular flexibility index (Phi) is 3.80. The van der Waals surface area contributed by atoms with Gasteiger partial charge in [0.25, 0.3) is 0 Å². The highest BCUT2D eigenvalue weighted by atomic mass is 19.2. The third kappa shape index (κ3) is 2.64. The molecule has 0 bridgehead atoms. The van der Waals surface area contributed by atoms with Gasteiger partial charge in [0.15, 0.2) is 0 Å². The normalized spacial score (nSPS) is 34.1. The molecule has 0 aliphatic heterocycles. The number of ether oxygens (including phenoxy) is 1. The van der Waals surface area contributed by atoms with Crippen molar-refractivity contribution in [1.82, 2.24) is 0 Å². The molecular weight excluding hydrogens is 192 g/mol. The number of carbonyl (C=O) groups is 1. The van der Waals surface area contributed by atoms with Crippen LogP contribution in [0.3, 0.4) is 0 Å². The molecule has 1 aliphatic rings. The average molecular weight is 207 g/mol. The lowest BCUT2D eigenvalue weighted by atomic mass is 9.99. The second kappa shape index (κ2) is 4.68. The number of methoxy groups -OCH3 is 1. The first-order chi connectivity index (χ1) is 6.54. The molecule has 0 aromatic heterocycles. The van der Waals surface area contributed by atoms with Crippen LogP contribution < -0.4 is 5.73 Å². The summed E-state index contributed by atoms with van der Waals surface area (Å²) in [5.74, 6) is -0.670. The number of carbonyl (C=O) groups excluding carboxylic acids is 1. The van der Waals surface area contributed by atoms with Crippen LogP contribution in [0.1, 0.15) is 19.3 Å². The van der Waals surface area contributed by atoms with E-state index in [0.29, 0.717) is 6.42 Å². The Morgan fingerprint density at radius 1 is 1.50 bits per heavy atom. The van der Waals surface area contributed by atoms with Crippen LogP contribution in [0.2, 0.25) is 0 Å². The molecule has 3 nitrogen and oxygen atoms in total. The summed E-state index contributed by atoms with van der Waals surface area (Å²) in [6.45, 7) is 0. The fourth-order valence-corrected chi connectivity index (χ4v) is 1.83. The molecule has 0 heterocycles. The lowest BCUT2D eigenvalue weighted by Crippen LogP contribution is -2.33. The van der Waals surface area contributed by atoms with Crippen molar-refractivity contribution in [3.05, 3.63) is 0 Å². The van der Waals surface area contributed by atoms with E-state index < -0.39 is 24.4 Å². The Labute approximate surface area is 81.6 Å². The van der Waals surface area contributed by atoms with Crippen LogP contribution in [0.5, 0.6) is 0 Å². The maximum absolute atomic E-state index is 12.8. The summed E-state index contributed by atoms with van der Waals surface area (Å²) in [4.78, 5) is 10.9. The first-order valence-corrected chi connectivity index (χ1v) is 4.66. The van der Waals surface area contributed by atoms with E-state index in [-0.39, 0.29) is 18.8 Å². The SMILES string of the molecule is COC(=O)C(N)CC1C[C@@H](F)[C@@H](F)C1. The van der Waals surface area contributed by atoms with Gasteiger partial charge in [-0.25, -0.2) is 8.78 Å². The van der Waals surface area contributed by atoms with Gasteiger partial charge in [-0.1, -0.05) is 0 Å². The van der Waals surface area contributed by atoms with Gasteiger partial charge in [-0.15, -0.1) is 0 Å². The number of hydrogen-bond acceptors (Lipinski definition) is 3. The van der Waals surface area contributed by atoms with Gasteiger partial charge in [-0.3, -0.25) is 4.79 Å². The first kappa shape index (κ1) is 11.4. The highest BCUT2D eigenvalue weighted by molar-refractivity contribution is 5.75. The van der Waals surface area contributed by atoms with Crippen molar-refractivity contribution in [2.75, 3.05) is 7.11 Å². The van der Waals surface area contributed by atoms with Gasteiger partial charge in [0.2, 0.25) is 0 Å². The molecule has 4 atom stereocenters. The molecular formula is C9H15F2NO2. The van der Waals surface area contributed by atoms with E-state index >= 15 is 0 Å². The van der Waals surface area contributed by atoms with E-state index in [4.69, 9.17) is 5.73 Å². The summed E-state index contributed by atoms with van der Waals surface area (Å²) in [5.41, 5.74) is 5.48. The molecule has 82 valence electrons. The van der Waals surface area contributed by atoms with Crippen LogP contribution in [-0.2, 0) is 9.53 Å². The maximum atomic E-state index is 12.8. The molecule has 0 radical (unpaired) electrons. The third-order valence-electron chi connectivity index (χ3n) is 2.60. The molecule has 2 unspecified atom stereocenters. The monoisotopic (exact) mass is 207 g/mol. The Balaban J connectivity index is 2.35. The molecule has 5 heteroatoms. The molecule has 1 fully saturated rings. The number of nitrogens with two attached hydrogens (primary N) is 1. The Morgan fingerprint density at radius 3 is 2.43 bits per heavy atom. The number of hydrogen-bond donors (Lipinski definition) is 1. The number of rotatable bonds is 3. The second-order valence-electron chi connectivity index (χ2n) is 3.73. The van der Waals surface area contributed by atoms with Crippen LogP contribution in [0, 0.1) is 5.92 Å². The fourth-order valence-electron chi connectivity index (χ4n) is 1.83. The molecule has 1 aliphatic carbocycles. The zero-order valence-corrected chi connectivity index (χ0v) is 8.08. The summed E-state index contributed by atoms with van der Waals surface area (Å²) in [7, 11) is 1.24. The molecule has 0 amide bonds. The molecule has 1 rings (SSSR count). The standard InChI is InChI=1S/C9H15F2NO2/c1-14-9(13)8(12)4-5-2-6(10)7(11)3-5/h5-8H,2-4,12H2,1H3/t5?,6-,7+,8?. The van der Waals surface area contributed by atoms with Crippen LogP contribution >= 0.6 is 0 Å². The molecule has 1 saturated carbocycles. The molecule has 14 heavy (non-hydrogen) atoms. The third-order valence-corrected chi connectivity index (χ3v) is 2.60. The molecule has 2 N–H and O–H groups in total. The second-order valence-corrected chi connectivity index (χ2v) is 3.73. The Hall–Kier alpha value is -0.710. The highest BCUT2D eigenvalue weighted by Gasteiger charge is 2.36. The molecule has 0 saturated heterocycles. The van der Waals surface area contributed by atoms with Crippen LogP contribution in [0.4, 0.5) is 8.78 Å². The molecule has 0 aromatic carbocycles. The summed E-state index contributed by atoms with van der Waals surface area (Å²) >= 11 is 0. The topological polar surface area (TPSA) is 52.3 Å². The van der Waals surface area contributed by atoms with Gasteiger partial charge in [-0.05, 0) is 25.2 Å². The minimum atomic E-state index is -1.40. The van der Waals surface area contributed by atoms with Crippen molar-refractivity contribution in [2.24, 2.45) is 11.7 Å². The van der Waals surface area contributed by atoms with E-state index in [9.17, 15) is 13.6 Å². The quantitative estimate of drug-likeness (QED) is 0.701. The van der Waals surface area contributed by atoms with Gasteiger partial charge in [0.1, 0.15) is 18.4 Å². The van der Waals surface area contributed by atoms with Crippen LogP contribution in [0.15, 0.2) is 0 Å². The van der Waals surface area contributed by atoms with Crippen molar-refractivity contribution in [2.45, 2.75) is 37.6 Å². The summed E-state index contributed by atoms with van der Waals surface area (Å²) in [5, 5.41) is 0. The van der Waals surface area contributed by atoms with Gasteiger partial charge < -0.3 is 10.5 Å². The fraction of sp³-hybridized carbons (Fsp3) is 0.889. The Morgan fingerprint density at radius 2 is 2.00 bits per heavy atom. The maximum Gasteiger partial charge on any atom is 0.322 e. The van der Waals surface area contributed by atoms with E-state index in [1.54, 1.807) is 0 Å². The predicted octanol–water partition coefficient (Wildman–Crippen LogP) is 0.963. The first-order valence-electron chi connectivity index (χ1n) is 4.66. The zero-order valence-electron chi connectivity index (χ0n) is 8.08. The van der Waals surface area contributed by atoms with Gasteiger partial charge in [0, 0.05) is 0 Å². The lowest BCUT2D eigenvalue weighted by molar-refractivity contribution is -0.142. The zero-order chi connectivity index (χ0) is 10.7. The lowest BCUT2D eigenvalue weighted by Gasteiger charge is -2.13. The van der Waals surface area contributed by atoms with Crippen molar-refractivity contribution in [3.63, 3.8) is 0 Å². The van der Waals surface area contributed by atoms with Crippen molar-refractivity contribution < 1.29 is 18.3 Å². The van der Waals surface area contributed by atoms with E-state index in [1.165, 1.54) is 7.11 Å². The van der Waals surface area contributed by atoms with Crippen LogP contribution in [0.25, 0.3) is 0 Å². The van der Waals surface area contributed by atoms with Crippen LogP contribution in [-0.4, -0.2) is 31.5 Å². The highest BCUT2D eigenvalue weighted by Crippen LogP contribution is 2.33. The number of alkyl halides is 2. The van der Waals surface area contributed by atoms with Gasteiger partial charge in [0.05, 0.1) is 7.11 Å². The smallest absolute Gasteiger partial charge is 0.322 e. The van der Waals surface area contributed by atoms with E-state index in [1.807, 2.05) is 0 Å². The molecule has 0 spiro atoms. The average Bonchev–Trinajstić information content (AvgIpc) is 2.44. The molecule has 0 aromatic rings. The van der Waals surface area contributed by atoms with Crippen molar-refractivity contribution in [3.8, 4) is 0 Å². The summed E-state index contributed by atoms with van der Waals surface area (Å²) < 4.78 is 30.0. The Bertz CT molecular complexity index is 203. The van der Waals surface area contributed by atoms with E-state index in [0.717, 1.165) is 0 Å². The van der Waals surface area contributed by atoms with E-state index in [2.05, 4.69) is 4.74 Å².